The Morgan fingerprint density at radius 3 is 1.23 bits per heavy atom. The Morgan fingerprint density at radius 2 is 0.833 bits per heavy atom. The maximum absolute atomic E-state index is 12.7. The first-order valence-electron chi connectivity index (χ1n) is 27.1. The van der Waals surface area contributed by atoms with E-state index in [-0.39, 0.29) is 29.5 Å². The van der Waals surface area contributed by atoms with Gasteiger partial charge in [-0.25, -0.2) is 4.79 Å². The maximum Gasteiger partial charge on any atom is 0.514 e. The number of non-ortho nitro benzene ring substituents is 1. The van der Waals surface area contributed by atoms with Gasteiger partial charge in [-0.15, -0.1) is 0 Å². The summed E-state index contributed by atoms with van der Waals surface area (Å²) in [6.45, 7) is 5.37. The fraction of sp³-hybridized carbons (Fsp3) is 0.768. The number of hydrogen-bond donors (Lipinski definition) is 0. The molecule has 0 atom stereocenters. The van der Waals surface area contributed by atoms with Crippen LogP contribution in [-0.2, 0) is 23.8 Å². The first kappa shape index (κ1) is 60.3. The Kier molecular flexibility index (Phi) is 42.4. The minimum absolute atomic E-state index is 0.0880. The molecular formula is C56H95NO9. The van der Waals surface area contributed by atoms with Crippen LogP contribution in [0.2, 0.25) is 0 Å². The molecule has 0 aliphatic heterocycles. The van der Waals surface area contributed by atoms with E-state index in [1.807, 2.05) is 0 Å². The van der Waals surface area contributed by atoms with Gasteiger partial charge in [0.05, 0.1) is 18.1 Å². The molecule has 0 unspecified atom stereocenters. The summed E-state index contributed by atoms with van der Waals surface area (Å²) in [5, 5.41) is 11.0. The van der Waals surface area contributed by atoms with Crippen LogP contribution in [0.5, 0.6) is 5.75 Å². The van der Waals surface area contributed by atoms with Gasteiger partial charge in [0, 0.05) is 25.0 Å². The van der Waals surface area contributed by atoms with Crippen molar-refractivity contribution < 1.29 is 38.3 Å². The van der Waals surface area contributed by atoms with Crippen LogP contribution >= 0.6 is 0 Å². The fourth-order valence-corrected chi connectivity index (χ4v) is 8.01. The first-order chi connectivity index (χ1) is 32.3. The van der Waals surface area contributed by atoms with Crippen LogP contribution in [0.1, 0.15) is 258 Å². The van der Waals surface area contributed by atoms with Crippen LogP contribution in [-0.4, -0.2) is 42.3 Å². The molecule has 0 amide bonds. The van der Waals surface area contributed by atoms with Gasteiger partial charge in [-0.05, 0) is 115 Å². The molecule has 0 fully saturated rings. The summed E-state index contributed by atoms with van der Waals surface area (Å²) in [6, 6.07) is 5.33. The van der Waals surface area contributed by atoms with Gasteiger partial charge in [-0.2, -0.15) is 0 Å². The van der Waals surface area contributed by atoms with Crippen molar-refractivity contribution in [2.24, 2.45) is 0 Å². The third-order valence-electron chi connectivity index (χ3n) is 12.2. The Hall–Kier alpha value is -3.69. The lowest BCUT2D eigenvalue weighted by atomic mass is 10.0. The monoisotopic (exact) mass is 926 g/mol. The van der Waals surface area contributed by atoms with Crippen molar-refractivity contribution in [1.29, 1.82) is 0 Å². The van der Waals surface area contributed by atoms with Crippen LogP contribution < -0.4 is 4.74 Å². The van der Waals surface area contributed by atoms with E-state index in [0.717, 1.165) is 103 Å². The first-order valence-corrected chi connectivity index (χ1v) is 27.1. The fourth-order valence-electron chi connectivity index (χ4n) is 8.01. The smallest absolute Gasteiger partial charge is 0.466 e. The average molecular weight is 926 g/mol. The molecule has 0 aromatic heterocycles. The summed E-state index contributed by atoms with van der Waals surface area (Å²) in [7, 11) is 0. The number of nitro groups is 1. The van der Waals surface area contributed by atoms with Gasteiger partial charge in [-0.3, -0.25) is 19.7 Å². The molecule has 0 N–H and O–H groups in total. The molecular weight excluding hydrogens is 831 g/mol. The lowest BCUT2D eigenvalue weighted by Crippen LogP contribution is -2.21. The average Bonchev–Trinajstić information content (AvgIpc) is 3.30. The highest BCUT2D eigenvalue weighted by atomic mass is 16.7. The number of carbonyl (C=O) groups excluding carboxylic acids is 3. The number of esters is 2. The van der Waals surface area contributed by atoms with Crippen LogP contribution in [0.15, 0.2) is 48.6 Å². The molecule has 0 bridgehead atoms. The molecule has 378 valence electrons. The molecule has 0 heterocycles. The normalized spacial score (nSPS) is 11.5. The van der Waals surface area contributed by atoms with Gasteiger partial charge in [0.2, 0.25) is 0 Å². The van der Waals surface area contributed by atoms with Gasteiger partial charge in [0.15, 0.2) is 0 Å². The molecule has 10 heteroatoms. The maximum atomic E-state index is 12.7. The van der Waals surface area contributed by atoms with Crippen LogP contribution in [0.25, 0.3) is 0 Å². The van der Waals surface area contributed by atoms with E-state index >= 15 is 0 Å². The van der Waals surface area contributed by atoms with Crippen LogP contribution in [0.3, 0.4) is 0 Å². The number of ether oxygens (including phenoxy) is 4. The number of carbonyl (C=O) groups is 3. The number of rotatable bonds is 47. The SMILES string of the molecule is CCCCCCCC/C=C\CCCCCCCC(=O)OCCCCCCC(CCCCCCOC(=O)CCCCCCC/C=C\CCCCCCCC)OC(=O)Oc1ccc([N+](=O)[O-])cc1. The molecule has 0 saturated heterocycles. The molecule has 1 aromatic carbocycles. The summed E-state index contributed by atoms with van der Waals surface area (Å²) in [4.78, 5) is 47.6. The van der Waals surface area contributed by atoms with Crippen LogP contribution in [0.4, 0.5) is 10.5 Å². The van der Waals surface area contributed by atoms with Crippen molar-refractivity contribution in [3.8, 4) is 5.75 Å². The molecule has 1 aromatic rings. The van der Waals surface area contributed by atoms with Crippen molar-refractivity contribution in [2.45, 2.75) is 264 Å². The summed E-state index contributed by atoms with van der Waals surface area (Å²) in [6.07, 6.45) is 49.5. The van der Waals surface area contributed by atoms with E-state index in [4.69, 9.17) is 18.9 Å². The van der Waals surface area contributed by atoms with Gasteiger partial charge in [0.25, 0.3) is 5.69 Å². The minimum Gasteiger partial charge on any atom is -0.466 e. The van der Waals surface area contributed by atoms with Crippen LogP contribution in [0, 0.1) is 10.1 Å². The van der Waals surface area contributed by atoms with Gasteiger partial charge < -0.3 is 18.9 Å². The highest BCUT2D eigenvalue weighted by molar-refractivity contribution is 5.69. The zero-order valence-electron chi connectivity index (χ0n) is 42.1. The predicted molar refractivity (Wildman–Crippen MR) is 271 cm³/mol. The molecule has 10 nitrogen and oxygen atoms in total. The Bertz CT molecular complexity index is 1300. The second-order valence-electron chi connectivity index (χ2n) is 18.4. The standard InChI is InChI=1S/C56H95NO9/c1-3-5-7-9-11-13-15-17-19-21-23-25-27-29-37-43-54(58)63-49-39-33-31-35-41-52(65-56(60)66-53-47-45-51(46-48-53)57(61)62)42-36-32-34-40-50-64-55(59)44-38-30-28-26-24-22-20-18-16-14-12-10-8-6-4-2/h17-20,45-48,52H,3-16,21-44,49-50H2,1-2H3/b19-17-,20-18-. The molecule has 0 aliphatic rings. The van der Waals surface area contributed by atoms with E-state index in [0.29, 0.717) is 38.9 Å². The van der Waals surface area contributed by atoms with Gasteiger partial charge >= 0.3 is 18.1 Å². The second kappa shape index (κ2) is 46.4. The summed E-state index contributed by atoms with van der Waals surface area (Å²) in [5.41, 5.74) is -0.0880. The number of nitrogens with zero attached hydrogens (tertiary/aromatic N) is 1. The zero-order valence-corrected chi connectivity index (χ0v) is 42.1. The Morgan fingerprint density at radius 1 is 0.485 bits per heavy atom. The number of benzene rings is 1. The number of hydrogen-bond acceptors (Lipinski definition) is 9. The number of unbranched alkanes of at least 4 members (excludes halogenated alkanes) is 28. The van der Waals surface area contributed by atoms with Gasteiger partial charge in [0.1, 0.15) is 11.9 Å². The summed E-state index contributed by atoms with van der Waals surface area (Å²) in [5.74, 6) is -0.0398. The molecule has 1 rings (SSSR count). The highest BCUT2D eigenvalue weighted by Crippen LogP contribution is 2.21. The molecule has 66 heavy (non-hydrogen) atoms. The molecule has 0 saturated carbocycles. The minimum atomic E-state index is -0.829. The quantitative estimate of drug-likeness (QED) is 0.0119. The molecule has 0 radical (unpaired) electrons. The van der Waals surface area contributed by atoms with E-state index in [1.165, 1.54) is 140 Å². The zero-order chi connectivity index (χ0) is 47.8. The Balaban J connectivity index is 2.19. The lowest BCUT2D eigenvalue weighted by Gasteiger charge is -2.18. The van der Waals surface area contributed by atoms with Crippen molar-refractivity contribution in [1.82, 2.24) is 0 Å². The van der Waals surface area contributed by atoms with Crippen molar-refractivity contribution >= 4 is 23.8 Å². The van der Waals surface area contributed by atoms with E-state index < -0.39 is 11.1 Å². The lowest BCUT2D eigenvalue weighted by molar-refractivity contribution is -0.384. The summed E-state index contributed by atoms with van der Waals surface area (Å²) < 4.78 is 22.0. The summed E-state index contributed by atoms with van der Waals surface area (Å²) >= 11 is 0. The van der Waals surface area contributed by atoms with E-state index in [2.05, 4.69) is 38.2 Å². The van der Waals surface area contributed by atoms with Crippen molar-refractivity contribution in [2.75, 3.05) is 13.2 Å². The second-order valence-corrected chi connectivity index (χ2v) is 18.4. The van der Waals surface area contributed by atoms with E-state index in [9.17, 15) is 24.5 Å². The molecule has 0 aliphatic carbocycles. The number of allylic oxidation sites excluding steroid dienone is 4. The third-order valence-corrected chi connectivity index (χ3v) is 12.2. The third kappa shape index (κ3) is 40.6. The topological polar surface area (TPSA) is 131 Å². The Labute approximate surface area is 402 Å². The number of nitro benzene ring substituents is 1. The largest absolute Gasteiger partial charge is 0.514 e. The highest BCUT2D eigenvalue weighted by Gasteiger charge is 2.17. The van der Waals surface area contributed by atoms with Gasteiger partial charge in [-0.1, -0.05) is 167 Å². The van der Waals surface area contributed by atoms with E-state index in [1.54, 1.807) is 0 Å². The molecule has 0 spiro atoms. The van der Waals surface area contributed by atoms with Crippen molar-refractivity contribution in [3.63, 3.8) is 0 Å². The predicted octanol–water partition coefficient (Wildman–Crippen LogP) is 17.5. The van der Waals surface area contributed by atoms with Crippen molar-refractivity contribution in [3.05, 3.63) is 58.7 Å².